The molecular weight excluding hydrogens is 422 g/mol. The molecule has 3 rings (SSSR count). The van der Waals surface area contributed by atoms with Gasteiger partial charge in [-0.2, -0.15) is 0 Å². The summed E-state index contributed by atoms with van der Waals surface area (Å²) in [5, 5.41) is 11.7. The second-order valence-electron chi connectivity index (χ2n) is 9.17. The fraction of sp³-hybridized carbons (Fsp3) is 0.400. The van der Waals surface area contributed by atoms with E-state index in [0.29, 0.717) is 36.6 Å². The summed E-state index contributed by atoms with van der Waals surface area (Å²) in [6, 6.07) is 10.2. The molecule has 4 nitrogen and oxygen atoms in total. The summed E-state index contributed by atoms with van der Waals surface area (Å²) in [6.07, 6.45) is 27.2. The first-order chi connectivity index (χ1) is 16.6. The number of allylic oxidation sites excluding steroid dienone is 9. The van der Waals surface area contributed by atoms with E-state index in [1.807, 2.05) is 42.5 Å². The van der Waals surface area contributed by atoms with Gasteiger partial charge >= 0.3 is 5.97 Å². The van der Waals surface area contributed by atoms with Gasteiger partial charge in [0.1, 0.15) is 0 Å². The van der Waals surface area contributed by atoms with Crippen molar-refractivity contribution in [3.8, 4) is 0 Å². The molecule has 2 aliphatic rings. The van der Waals surface area contributed by atoms with Gasteiger partial charge in [0.05, 0.1) is 0 Å². The Bertz CT molecular complexity index is 926. The third-order valence-electron chi connectivity index (χ3n) is 6.73. The highest BCUT2D eigenvalue weighted by Gasteiger charge is 2.36. The van der Waals surface area contributed by atoms with Crippen LogP contribution in [-0.4, -0.2) is 23.5 Å². The lowest BCUT2D eigenvalue weighted by molar-refractivity contribution is -0.137. The molecule has 2 N–H and O–H groups in total. The summed E-state index contributed by atoms with van der Waals surface area (Å²) < 4.78 is 0. The van der Waals surface area contributed by atoms with Crippen LogP contribution in [0.4, 0.5) is 0 Å². The second-order valence-corrected chi connectivity index (χ2v) is 9.17. The Balaban J connectivity index is 1.49. The predicted octanol–water partition coefficient (Wildman–Crippen LogP) is 6.04. The monoisotopic (exact) mass is 459 g/mol. The molecule has 1 fully saturated rings. The SMILES string of the molecule is O=C(O)CCCC=CC=C[C@@H]1C=C[C@@H]2CCC[C@H]2[C@H]1C=CC=CC(=O)NCCc1ccccc1. The lowest BCUT2D eigenvalue weighted by Gasteiger charge is -2.33. The van der Waals surface area contributed by atoms with Crippen LogP contribution in [0.15, 0.2) is 91.1 Å². The molecule has 0 spiro atoms. The fourth-order valence-corrected chi connectivity index (χ4v) is 4.99. The Kier molecular flexibility index (Phi) is 10.6. The molecule has 0 heterocycles. The van der Waals surface area contributed by atoms with Crippen LogP contribution in [0.3, 0.4) is 0 Å². The topological polar surface area (TPSA) is 66.4 Å². The Morgan fingerprint density at radius 3 is 2.65 bits per heavy atom. The average Bonchev–Trinajstić information content (AvgIpc) is 3.31. The summed E-state index contributed by atoms with van der Waals surface area (Å²) in [6.45, 7) is 0.630. The number of hydrogen-bond acceptors (Lipinski definition) is 2. The van der Waals surface area contributed by atoms with Crippen molar-refractivity contribution in [2.75, 3.05) is 6.54 Å². The van der Waals surface area contributed by atoms with Crippen molar-refractivity contribution in [1.29, 1.82) is 0 Å². The van der Waals surface area contributed by atoms with Crippen LogP contribution in [0.5, 0.6) is 0 Å². The zero-order valence-electron chi connectivity index (χ0n) is 19.9. The van der Waals surface area contributed by atoms with Crippen LogP contribution in [0.25, 0.3) is 0 Å². The molecule has 1 aromatic rings. The third-order valence-corrected chi connectivity index (χ3v) is 6.73. The third kappa shape index (κ3) is 8.66. The minimum absolute atomic E-state index is 0.0626. The van der Waals surface area contributed by atoms with Gasteiger partial charge in [-0.1, -0.05) is 91.4 Å². The van der Waals surface area contributed by atoms with Crippen molar-refractivity contribution >= 4 is 11.9 Å². The molecular formula is C30H37NO3. The smallest absolute Gasteiger partial charge is 0.303 e. The van der Waals surface area contributed by atoms with Crippen molar-refractivity contribution in [3.63, 3.8) is 0 Å². The predicted molar refractivity (Wildman–Crippen MR) is 138 cm³/mol. The van der Waals surface area contributed by atoms with Crippen LogP contribution in [-0.2, 0) is 16.0 Å². The van der Waals surface area contributed by atoms with E-state index in [0.717, 1.165) is 12.8 Å². The van der Waals surface area contributed by atoms with Gasteiger partial charge in [-0.05, 0) is 55.4 Å². The number of carboxylic acids is 1. The van der Waals surface area contributed by atoms with Gasteiger partial charge in [0.15, 0.2) is 0 Å². The molecule has 34 heavy (non-hydrogen) atoms. The minimum atomic E-state index is -0.740. The molecule has 0 bridgehead atoms. The first-order valence-electron chi connectivity index (χ1n) is 12.5. The summed E-state index contributed by atoms with van der Waals surface area (Å²) in [5.41, 5.74) is 1.22. The lowest BCUT2D eigenvalue weighted by Crippen LogP contribution is -2.26. The number of nitrogens with one attached hydrogen (secondary N) is 1. The molecule has 0 aromatic heterocycles. The number of aliphatic carboxylic acids is 1. The van der Waals surface area contributed by atoms with Crippen LogP contribution in [0.2, 0.25) is 0 Å². The average molecular weight is 460 g/mol. The number of fused-ring (bicyclic) bond motifs is 1. The van der Waals surface area contributed by atoms with Crippen molar-refractivity contribution in [1.82, 2.24) is 5.32 Å². The van der Waals surface area contributed by atoms with Gasteiger partial charge in [0, 0.05) is 25.0 Å². The fourth-order valence-electron chi connectivity index (χ4n) is 4.99. The molecule has 1 amide bonds. The highest BCUT2D eigenvalue weighted by atomic mass is 16.4. The largest absolute Gasteiger partial charge is 0.481 e. The van der Waals surface area contributed by atoms with Crippen LogP contribution in [0.1, 0.15) is 44.1 Å². The zero-order valence-corrected chi connectivity index (χ0v) is 19.9. The van der Waals surface area contributed by atoms with Crippen molar-refractivity contribution < 1.29 is 14.7 Å². The lowest BCUT2D eigenvalue weighted by atomic mass is 9.71. The van der Waals surface area contributed by atoms with E-state index >= 15 is 0 Å². The standard InChI is InChI=1S/C30H37NO3/c32-29(31-23-22-24-12-5-4-6-13-24)18-10-9-16-27-25(20-21-26-15-11-17-28(26)27)14-7-2-1-3-8-19-30(33)34/h1-2,4-7,9-10,12-14,16,18,20-21,25-28H,3,8,11,15,17,19,22-23H2,(H,31,32)(H,33,34)/t25-,26+,27+,28-/m1/s1. The van der Waals surface area contributed by atoms with E-state index in [-0.39, 0.29) is 12.3 Å². The Morgan fingerprint density at radius 2 is 1.82 bits per heavy atom. The highest BCUT2D eigenvalue weighted by Crippen LogP contribution is 2.45. The number of carbonyl (C=O) groups excluding carboxylic acids is 1. The molecule has 4 heteroatoms. The summed E-state index contributed by atoms with van der Waals surface area (Å²) in [4.78, 5) is 22.7. The van der Waals surface area contributed by atoms with Crippen LogP contribution >= 0.6 is 0 Å². The number of hydrogen-bond donors (Lipinski definition) is 2. The van der Waals surface area contributed by atoms with Gasteiger partial charge in [-0.15, -0.1) is 0 Å². The summed E-state index contributed by atoms with van der Waals surface area (Å²) >= 11 is 0. The van der Waals surface area contributed by atoms with Crippen molar-refractivity contribution in [3.05, 3.63) is 96.7 Å². The van der Waals surface area contributed by atoms with Gasteiger partial charge in [0.2, 0.25) is 5.91 Å². The number of rotatable bonds is 12. The second kappa shape index (κ2) is 14.2. The number of unbranched alkanes of at least 4 members (excludes halogenated alkanes) is 1. The molecule has 1 aromatic carbocycles. The zero-order chi connectivity index (χ0) is 24.0. The van der Waals surface area contributed by atoms with Crippen molar-refractivity contribution in [2.24, 2.45) is 23.7 Å². The van der Waals surface area contributed by atoms with Gasteiger partial charge in [-0.25, -0.2) is 0 Å². The normalized spacial score (nSPS) is 24.5. The first kappa shape index (κ1) is 25.5. The number of amides is 1. The van der Waals surface area contributed by atoms with E-state index in [1.165, 1.54) is 24.8 Å². The number of carbonyl (C=O) groups is 2. The van der Waals surface area contributed by atoms with Gasteiger partial charge in [-0.3, -0.25) is 9.59 Å². The van der Waals surface area contributed by atoms with Crippen molar-refractivity contribution in [2.45, 2.75) is 44.9 Å². The first-order valence-corrected chi connectivity index (χ1v) is 12.5. The van der Waals surface area contributed by atoms with Gasteiger partial charge in [0.25, 0.3) is 0 Å². The molecule has 180 valence electrons. The summed E-state index contributed by atoms with van der Waals surface area (Å²) in [7, 11) is 0. The van der Waals surface area contributed by atoms with E-state index in [1.54, 1.807) is 6.08 Å². The summed E-state index contributed by atoms with van der Waals surface area (Å²) in [5.74, 6) is 1.29. The van der Waals surface area contributed by atoms with E-state index in [2.05, 4.69) is 47.8 Å². The molecule has 2 aliphatic carbocycles. The quantitative estimate of drug-likeness (QED) is 0.173. The van der Waals surface area contributed by atoms with Crippen LogP contribution < -0.4 is 5.32 Å². The Morgan fingerprint density at radius 1 is 1.00 bits per heavy atom. The number of carboxylic acid groups (broad SMARTS) is 1. The maximum Gasteiger partial charge on any atom is 0.303 e. The Hall–Kier alpha value is -3.14. The molecule has 0 radical (unpaired) electrons. The minimum Gasteiger partial charge on any atom is -0.481 e. The number of benzene rings is 1. The Labute approximate surface area is 203 Å². The molecule has 0 saturated heterocycles. The van der Waals surface area contributed by atoms with E-state index in [4.69, 9.17) is 5.11 Å². The molecule has 0 aliphatic heterocycles. The maximum absolute atomic E-state index is 12.1. The molecule has 0 unspecified atom stereocenters. The van der Waals surface area contributed by atoms with Gasteiger partial charge < -0.3 is 10.4 Å². The van der Waals surface area contributed by atoms with E-state index in [9.17, 15) is 9.59 Å². The highest BCUT2D eigenvalue weighted by molar-refractivity contribution is 5.87. The molecule has 4 atom stereocenters. The molecule has 1 saturated carbocycles. The van der Waals surface area contributed by atoms with Crippen LogP contribution in [0, 0.1) is 23.7 Å². The maximum atomic E-state index is 12.1. The van der Waals surface area contributed by atoms with E-state index < -0.39 is 5.97 Å².